The fraction of sp³-hybridized carbons (Fsp3) is 0.259. The molecule has 0 saturated heterocycles. The molecule has 0 bridgehead atoms. The maximum Gasteiger partial charge on any atom is 0.264 e. The zero-order valence-electron chi connectivity index (χ0n) is 21.4. The van der Waals surface area contributed by atoms with Gasteiger partial charge in [-0.05, 0) is 68.8 Å². The molecule has 0 unspecified atom stereocenters. The first-order valence-corrected chi connectivity index (χ1v) is 14.9. The van der Waals surface area contributed by atoms with E-state index in [1.54, 1.807) is 38.1 Å². The number of nitrogens with zero attached hydrogens (tertiary/aromatic N) is 2. The number of carbonyl (C=O) groups is 2. The van der Waals surface area contributed by atoms with E-state index in [1.807, 2.05) is 6.92 Å². The second-order valence-electron chi connectivity index (χ2n) is 8.75. The summed E-state index contributed by atoms with van der Waals surface area (Å²) in [5.74, 6) is -1.07. The van der Waals surface area contributed by atoms with Gasteiger partial charge in [-0.25, -0.2) is 8.42 Å². The van der Waals surface area contributed by atoms with Crippen molar-refractivity contribution in [2.24, 2.45) is 0 Å². The number of halogens is 4. The Balaban J connectivity index is 2.09. The van der Waals surface area contributed by atoms with Crippen LogP contribution in [0.1, 0.15) is 25.0 Å². The first-order chi connectivity index (χ1) is 18.3. The van der Waals surface area contributed by atoms with Crippen LogP contribution in [0.25, 0.3) is 0 Å². The molecule has 7 nitrogen and oxygen atoms in total. The summed E-state index contributed by atoms with van der Waals surface area (Å²) in [4.78, 5) is 27.9. The highest BCUT2D eigenvalue weighted by molar-refractivity contribution is 7.92. The van der Waals surface area contributed by atoms with E-state index < -0.39 is 34.4 Å². The van der Waals surface area contributed by atoms with Gasteiger partial charge in [0.15, 0.2) is 0 Å². The van der Waals surface area contributed by atoms with Crippen molar-refractivity contribution in [1.82, 2.24) is 10.2 Å². The minimum Gasteiger partial charge on any atom is -0.355 e. The molecule has 0 spiro atoms. The molecule has 12 heteroatoms. The van der Waals surface area contributed by atoms with E-state index in [-0.39, 0.29) is 27.2 Å². The first-order valence-electron chi connectivity index (χ1n) is 11.9. The highest BCUT2D eigenvalue weighted by Crippen LogP contribution is 2.33. The average Bonchev–Trinajstić information content (AvgIpc) is 2.88. The van der Waals surface area contributed by atoms with Crippen LogP contribution >= 0.6 is 46.4 Å². The lowest BCUT2D eigenvalue weighted by atomic mass is 10.1. The molecule has 0 aliphatic heterocycles. The Hall–Kier alpha value is -2.49. The van der Waals surface area contributed by atoms with Gasteiger partial charge in [0.1, 0.15) is 12.6 Å². The van der Waals surface area contributed by atoms with E-state index in [2.05, 4.69) is 5.32 Å². The molecular formula is C27H27Cl4N3O4S. The van der Waals surface area contributed by atoms with Crippen molar-refractivity contribution in [3.63, 3.8) is 0 Å². The molecule has 208 valence electrons. The van der Waals surface area contributed by atoms with Crippen LogP contribution in [0.5, 0.6) is 0 Å². The number of benzene rings is 3. The topological polar surface area (TPSA) is 86.8 Å². The number of anilines is 1. The summed E-state index contributed by atoms with van der Waals surface area (Å²) >= 11 is 25.0. The molecule has 0 radical (unpaired) electrons. The summed E-state index contributed by atoms with van der Waals surface area (Å²) < 4.78 is 28.6. The smallest absolute Gasteiger partial charge is 0.264 e. The SMILES string of the molecule is CCNC(=O)[C@@H](C)N(Cc1ccc(Cl)cc1Cl)C(=O)CN(c1cc(Cl)ccc1Cl)S(=O)(=O)c1ccc(C)cc1. The van der Waals surface area contributed by atoms with Crippen molar-refractivity contribution >= 4 is 73.9 Å². The minimum atomic E-state index is -4.28. The summed E-state index contributed by atoms with van der Waals surface area (Å²) in [6.45, 7) is 4.74. The van der Waals surface area contributed by atoms with E-state index in [4.69, 9.17) is 46.4 Å². The molecule has 1 atom stereocenters. The van der Waals surface area contributed by atoms with Crippen LogP contribution in [0.4, 0.5) is 5.69 Å². The third-order valence-electron chi connectivity index (χ3n) is 5.94. The Morgan fingerprint density at radius 1 is 0.897 bits per heavy atom. The normalized spacial score (nSPS) is 12.1. The monoisotopic (exact) mass is 629 g/mol. The maximum absolute atomic E-state index is 13.9. The van der Waals surface area contributed by atoms with Crippen molar-refractivity contribution in [3.8, 4) is 0 Å². The van der Waals surface area contributed by atoms with Gasteiger partial charge >= 0.3 is 0 Å². The van der Waals surface area contributed by atoms with Crippen molar-refractivity contribution in [2.75, 3.05) is 17.4 Å². The summed E-state index contributed by atoms with van der Waals surface area (Å²) in [6.07, 6.45) is 0. The van der Waals surface area contributed by atoms with Crippen LogP contribution in [0.3, 0.4) is 0 Å². The molecule has 2 amide bonds. The van der Waals surface area contributed by atoms with Crippen LogP contribution in [-0.4, -0.2) is 44.3 Å². The lowest BCUT2D eigenvalue weighted by Gasteiger charge is -2.32. The number of sulfonamides is 1. The zero-order chi connectivity index (χ0) is 28.9. The Bertz CT molecular complexity index is 1470. The van der Waals surface area contributed by atoms with E-state index in [0.717, 1.165) is 9.87 Å². The van der Waals surface area contributed by atoms with Crippen LogP contribution in [0.15, 0.2) is 65.6 Å². The van der Waals surface area contributed by atoms with E-state index in [1.165, 1.54) is 41.3 Å². The quantitative estimate of drug-likeness (QED) is 0.283. The predicted octanol–water partition coefficient (Wildman–Crippen LogP) is 6.36. The summed E-state index contributed by atoms with van der Waals surface area (Å²) in [6, 6.07) is 14.4. The highest BCUT2D eigenvalue weighted by atomic mass is 35.5. The van der Waals surface area contributed by atoms with Crippen LogP contribution < -0.4 is 9.62 Å². The maximum atomic E-state index is 13.9. The zero-order valence-corrected chi connectivity index (χ0v) is 25.3. The van der Waals surface area contributed by atoms with Crippen LogP contribution in [-0.2, 0) is 26.2 Å². The standard InChI is InChI=1S/C27H27Cl4N3O4S/c1-4-32-27(36)18(3)33(15-19-7-8-20(28)13-24(19)31)26(35)16-34(25-14-21(29)9-12-23(25)30)39(37,38)22-10-5-17(2)6-11-22/h5-14,18H,4,15-16H2,1-3H3,(H,32,36)/t18-/m1/s1. The Labute approximate surface area is 248 Å². The van der Waals surface area contributed by atoms with Crippen molar-refractivity contribution < 1.29 is 18.0 Å². The van der Waals surface area contributed by atoms with E-state index in [9.17, 15) is 18.0 Å². The molecule has 3 aromatic rings. The summed E-state index contributed by atoms with van der Waals surface area (Å²) in [5.41, 5.74) is 1.41. The van der Waals surface area contributed by atoms with Crippen LogP contribution in [0, 0.1) is 6.92 Å². The second kappa shape index (κ2) is 13.2. The number of carbonyl (C=O) groups excluding carboxylic acids is 2. The minimum absolute atomic E-state index is 0.0215. The fourth-order valence-electron chi connectivity index (χ4n) is 3.77. The van der Waals surface area contributed by atoms with Crippen molar-refractivity contribution in [1.29, 1.82) is 0 Å². The van der Waals surface area contributed by atoms with E-state index in [0.29, 0.717) is 22.2 Å². The van der Waals surface area contributed by atoms with Gasteiger partial charge in [-0.15, -0.1) is 0 Å². The Kier molecular flexibility index (Phi) is 10.5. The molecule has 3 rings (SSSR count). The highest BCUT2D eigenvalue weighted by Gasteiger charge is 2.33. The molecule has 39 heavy (non-hydrogen) atoms. The number of nitrogens with one attached hydrogen (secondary N) is 1. The van der Waals surface area contributed by atoms with Crippen molar-refractivity contribution in [2.45, 2.75) is 38.3 Å². The fourth-order valence-corrected chi connectivity index (χ4v) is 6.09. The summed E-state index contributed by atoms with van der Waals surface area (Å²) in [5, 5.41) is 3.70. The predicted molar refractivity (Wildman–Crippen MR) is 157 cm³/mol. The molecule has 1 N–H and O–H groups in total. The number of hydrogen-bond donors (Lipinski definition) is 1. The molecule has 0 aliphatic carbocycles. The third kappa shape index (κ3) is 7.58. The molecule has 0 heterocycles. The number of aryl methyl sites for hydroxylation is 1. The molecule has 0 saturated carbocycles. The Morgan fingerprint density at radius 3 is 2.13 bits per heavy atom. The lowest BCUT2D eigenvalue weighted by molar-refractivity contribution is -0.139. The van der Waals surface area contributed by atoms with Gasteiger partial charge in [-0.2, -0.15) is 0 Å². The van der Waals surface area contributed by atoms with Gasteiger partial charge in [-0.1, -0.05) is 70.2 Å². The van der Waals surface area contributed by atoms with Gasteiger partial charge in [0.2, 0.25) is 11.8 Å². The van der Waals surface area contributed by atoms with E-state index >= 15 is 0 Å². The molecule has 0 fully saturated rings. The van der Waals surface area contributed by atoms with Gasteiger partial charge < -0.3 is 10.2 Å². The number of hydrogen-bond acceptors (Lipinski definition) is 4. The average molecular weight is 631 g/mol. The molecular weight excluding hydrogens is 604 g/mol. The largest absolute Gasteiger partial charge is 0.355 e. The number of likely N-dealkylation sites (N-methyl/N-ethyl adjacent to an activating group) is 1. The first kappa shape index (κ1) is 31.0. The van der Waals surface area contributed by atoms with Gasteiger partial charge in [0, 0.05) is 28.2 Å². The third-order valence-corrected chi connectivity index (χ3v) is 8.85. The molecule has 0 aliphatic rings. The van der Waals surface area contributed by atoms with Gasteiger partial charge in [0.25, 0.3) is 10.0 Å². The molecule has 3 aromatic carbocycles. The lowest BCUT2D eigenvalue weighted by Crippen LogP contribution is -2.51. The molecule has 0 aromatic heterocycles. The van der Waals surface area contributed by atoms with Crippen molar-refractivity contribution in [3.05, 3.63) is 91.9 Å². The Morgan fingerprint density at radius 2 is 1.51 bits per heavy atom. The number of amides is 2. The van der Waals surface area contributed by atoms with Crippen LogP contribution in [0.2, 0.25) is 20.1 Å². The van der Waals surface area contributed by atoms with Gasteiger partial charge in [-0.3, -0.25) is 13.9 Å². The number of rotatable bonds is 10. The second-order valence-corrected chi connectivity index (χ2v) is 12.3. The summed E-state index contributed by atoms with van der Waals surface area (Å²) in [7, 11) is -4.28. The van der Waals surface area contributed by atoms with Gasteiger partial charge in [0.05, 0.1) is 15.6 Å².